The van der Waals surface area contributed by atoms with Gasteiger partial charge in [-0.2, -0.15) is 13.2 Å². The van der Waals surface area contributed by atoms with Gasteiger partial charge in [-0.25, -0.2) is 13.1 Å². The lowest BCUT2D eigenvalue weighted by atomic mass is 10.2. The van der Waals surface area contributed by atoms with Crippen molar-refractivity contribution in [3.8, 4) is 0 Å². The predicted molar refractivity (Wildman–Crippen MR) is 47.1 cm³/mol. The Bertz CT molecular complexity index is 248. The molecule has 0 aliphatic rings. The highest BCUT2D eigenvalue weighted by atomic mass is 32.2. The minimum atomic E-state index is -5.20. The zero-order valence-electron chi connectivity index (χ0n) is 7.89. The fraction of sp³-hybridized carbons (Fsp3) is 1.00. The summed E-state index contributed by atoms with van der Waals surface area (Å²) in [6.45, 7) is 1.81. The van der Waals surface area contributed by atoms with Gasteiger partial charge in [0.05, 0.1) is 0 Å². The Hall–Kier alpha value is -0.300. The van der Waals surface area contributed by atoms with Crippen LogP contribution in [0.2, 0.25) is 0 Å². The van der Waals surface area contributed by atoms with Gasteiger partial charge in [0.2, 0.25) is 0 Å². The monoisotopic (exact) mass is 233 g/mol. The molecule has 0 radical (unpaired) electrons. The van der Waals surface area contributed by atoms with Crippen LogP contribution in [-0.2, 0) is 10.0 Å². The van der Waals surface area contributed by atoms with Crippen molar-refractivity contribution in [3.05, 3.63) is 0 Å². The normalized spacial score (nSPS) is 13.1. The quantitative estimate of drug-likeness (QED) is 0.713. The van der Waals surface area contributed by atoms with E-state index in [9.17, 15) is 21.6 Å². The van der Waals surface area contributed by atoms with Crippen LogP contribution in [0.15, 0.2) is 0 Å². The molecule has 0 rings (SSSR count). The molecule has 0 aromatic carbocycles. The van der Waals surface area contributed by atoms with Crippen LogP contribution < -0.4 is 4.72 Å². The largest absolute Gasteiger partial charge is 0.511 e. The van der Waals surface area contributed by atoms with E-state index >= 15 is 0 Å². The van der Waals surface area contributed by atoms with E-state index in [0.717, 1.165) is 19.3 Å². The molecule has 0 aliphatic heterocycles. The molecule has 14 heavy (non-hydrogen) atoms. The molecule has 7 heteroatoms. The lowest BCUT2D eigenvalue weighted by Crippen LogP contribution is -2.36. The molecule has 0 bridgehead atoms. The highest BCUT2D eigenvalue weighted by Gasteiger charge is 2.45. The average Bonchev–Trinajstić information content (AvgIpc) is 2.02. The van der Waals surface area contributed by atoms with Gasteiger partial charge in [0.1, 0.15) is 0 Å². The van der Waals surface area contributed by atoms with Crippen molar-refractivity contribution in [3.63, 3.8) is 0 Å². The Morgan fingerprint density at radius 2 is 1.71 bits per heavy atom. The molecule has 3 nitrogen and oxygen atoms in total. The minimum absolute atomic E-state index is 0.151. The van der Waals surface area contributed by atoms with Crippen molar-refractivity contribution < 1.29 is 21.6 Å². The molecule has 0 saturated heterocycles. The first-order valence-corrected chi connectivity index (χ1v) is 5.85. The molecule has 86 valence electrons. The van der Waals surface area contributed by atoms with Gasteiger partial charge < -0.3 is 0 Å². The Morgan fingerprint density at radius 3 is 2.14 bits per heavy atom. The summed E-state index contributed by atoms with van der Waals surface area (Å²) < 4.78 is 57.7. The smallest absolute Gasteiger partial charge is 0.207 e. The first kappa shape index (κ1) is 13.7. The molecule has 0 atom stereocenters. The summed E-state index contributed by atoms with van der Waals surface area (Å²) in [7, 11) is -5.13. The van der Waals surface area contributed by atoms with Crippen molar-refractivity contribution in [1.29, 1.82) is 0 Å². The van der Waals surface area contributed by atoms with Crippen LogP contribution in [0.25, 0.3) is 0 Å². The van der Waals surface area contributed by atoms with Crippen LogP contribution in [0.5, 0.6) is 0 Å². The molecule has 0 aromatic rings. The predicted octanol–water partition coefficient (Wildman–Crippen LogP) is 2.01. The number of unbranched alkanes of at least 4 members (excludes halogenated alkanes) is 3. The van der Waals surface area contributed by atoms with Crippen molar-refractivity contribution in [2.24, 2.45) is 0 Å². The summed E-state index contributed by atoms with van der Waals surface area (Å²) in [5.41, 5.74) is -5.20. The Morgan fingerprint density at radius 1 is 1.14 bits per heavy atom. The summed E-state index contributed by atoms with van der Waals surface area (Å²) in [6, 6.07) is 0. The van der Waals surface area contributed by atoms with Crippen LogP contribution in [0.3, 0.4) is 0 Å². The lowest BCUT2D eigenvalue weighted by molar-refractivity contribution is -0.0447. The van der Waals surface area contributed by atoms with Crippen molar-refractivity contribution in [2.75, 3.05) is 6.54 Å². The van der Waals surface area contributed by atoms with Crippen molar-refractivity contribution in [1.82, 2.24) is 4.72 Å². The van der Waals surface area contributed by atoms with Gasteiger partial charge in [0.25, 0.3) is 0 Å². The number of sulfonamides is 1. The van der Waals surface area contributed by atoms with Gasteiger partial charge in [0, 0.05) is 6.54 Å². The molecule has 0 unspecified atom stereocenters. The molecule has 1 N–H and O–H groups in total. The van der Waals surface area contributed by atoms with E-state index in [1.54, 1.807) is 0 Å². The molecule has 0 fully saturated rings. The van der Waals surface area contributed by atoms with Crippen molar-refractivity contribution >= 4 is 10.0 Å². The summed E-state index contributed by atoms with van der Waals surface area (Å²) >= 11 is 0. The highest BCUT2D eigenvalue weighted by Crippen LogP contribution is 2.21. The van der Waals surface area contributed by atoms with Crippen LogP contribution in [-0.4, -0.2) is 20.5 Å². The van der Waals surface area contributed by atoms with Gasteiger partial charge in [-0.05, 0) is 6.42 Å². The SMILES string of the molecule is CCCCCCNS(=O)(=O)C(F)(F)F. The molecule has 0 aliphatic carbocycles. The maximum Gasteiger partial charge on any atom is 0.511 e. The van der Waals surface area contributed by atoms with E-state index < -0.39 is 15.5 Å². The lowest BCUT2D eigenvalue weighted by Gasteiger charge is -2.08. The number of rotatable bonds is 6. The fourth-order valence-electron chi connectivity index (χ4n) is 0.840. The average molecular weight is 233 g/mol. The van der Waals surface area contributed by atoms with E-state index in [2.05, 4.69) is 0 Å². The number of nitrogens with one attached hydrogen (secondary N) is 1. The third-order valence-corrected chi connectivity index (χ3v) is 2.82. The summed E-state index contributed by atoms with van der Waals surface area (Å²) in [4.78, 5) is 0. The number of halogens is 3. The van der Waals surface area contributed by atoms with Crippen LogP contribution in [0.1, 0.15) is 32.6 Å². The fourth-order valence-corrected chi connectivity index (χ4v) is 1.42. The summed E-state index contributed by atoms with van der Waals surface area (Å²) in [5.74, 6) is 0. The van der Waals surface area contributed by atoms with Gasteiger partial charge in [-0.1, -0.05) is 26.2 Å². The third-order valence-electron chi connectivity index (χ3n) is 1.63. The number of hydrogen-bond donors (Lipinski definition) is 1. The van der Waals surface area contributed by atoms with E-state index in [1.165, 1.54) is 4.72 Å². The maximum atomic E-state index is 11.8. The highest BCUT2D eigenvalue weighted by molar-refractivity contribution is 7.90. The number of hydrogen-bond acceptors (Lipinski definition) is 2. The second kappa shape index (κ2) is 5.55. The van der Waals surface area contributed by atoms with E-state index in [4.69, 9.17) is 0 Å². The summed E-state index contributed by atoms with van der Waals surface area (Å²) in [5, 5.41) is 0. The van der Waals surface area contributed by atoms with Crippen molar-refractivity contribution in [2.45, 2.75) is 38.1 Å². The van der Waals surface area contributed by atoms with Gasteiger partial charge >= 0.3 is 15.5 Å². The zero-order valence-corrected chi connectivity index (χ0v) is 8.71. The van der Waals surface area contributed by atoms with Crippen LogP contribution >= 0.6 is 0 Å². The molecule has 0 heterocycles. The molecular weight excluding hydrogens is 219 g/mol. The summed E-state index contributed by atoms with van der Waals surface area (Å²) in [6.07, 6.45) is 3.01. The van der Waals surface area contributed by atoms with Gasteiger partial charge in [-0.3, -0.25) is 0 Å². The maximum absolute atomic E-state index is 11.8. The molecular formula is C7H14F3NO2S. The minimum Gasteiger partial charge on any atom is -0.207 e. The third kappa shape index (κ3) is 4.80. The Balaban J connectivity index is 3.80. The van der Waals surface area contributed by atoms with Crippen LogP contribution in [0, 0.1) is 0 Å². The van der Waals surface area contributed by atoms with E-state index in [0.29, 0.717) is 6.42 Å². The van der Waals surface area contributed by atoms with E-state index in [1.807, 2.05) is 6.92 Å². The zero-order chi connectivity index (χ0) is 11.2. The topological polar surface area (TPSA) is 46.2 Å². The first-order chi connectivity index (χ1) is 6.31. The Kier molecular flexibility index (Phi) is 5.43. The second-order valence-electron chi connectivity index (χ2n) is 2.90. The molecule has 0 spiro atoms. The van der Waals surface area contributed by atoms with Crippen LogP contribution in [0.4, 0.5) is 13.2 Å². The molecule has 0 amide bonds. The van der Waals surface area contributed by atoms with Gasteiger partial charge in [-0.15, -0.1) is 0 Å². The first-order valence-electron chi connectivity index (χ1n) is 4.37. The standard InChI is InChI=1S/C7H14F3NO2S/c1-2-3-4-5-6-11-14(12,13)7(8,9)10/h11H,2-6H2,1H3. The number of alkyl halides is 3. The molecule has 0 saturated carbocycles. The Labute approximate surface area is 81.7 Å². The molecule has 0 aromatic heterocycles. The second-order valence-corrected chi connectivity index (χ2v) is 4.66. The van der Waals surface area contributed by atoms with E-state index in [-0.39, 0.29) is 6.54 Å². The van der Waals surface area contributed by atoms with Gasteiger partial charge in [0.15, 0.2) is 0 Å².